The zero-order chi connectivity index (χ0) is 16.6. The molecule has 24 heavy (non-hydrogen) atoms. The van der Waals surface area contributed by atoms with Crippen molar-refractivity contribution in [3.05, 3.63) is 96.1 Å². The van der Waals surface area contributed by atoms with Crippen LogP contribution in [0, 0.1) is 0 Å². The fourth-order valence-corrected chi connectivity index (χ4v) is 2.16. The van der Waals surface area contributed by atoms with Gasteiger partial charge in [0, 0.05) is 11.8 Å². The summed E-state index contributed by atoms with van der Waals surface area (Å²) < 4.78 is 0. The second kappa shape index (κ2) is 7.74. The number of benzene rings is 3. The standard InChI is InChI=1S/C20H17N3O/c24-20(17-11-5-2-6-12-17)23-22-19-14-8-7-13-18(19)21-15-16-9-3-1-4-10-16/h1-15,22H,(H,23,24). The Morgan fingerprint density at radius 3 is 2.17 bits per heavy atom. The molecule has 0 aliphatic heterocycles. The molecule has 118 valence electrons. The van der Waals surface area contributed by atoms with Crippen LogP contribution >= 0.6 is 0 Å². The van der Waals surface area contributed by atoms with Gasteiger partial charge in [-0.25, -0.2) is 0 Å². The Kier molecular flexibility index (Phi) is 5.00. The largest absolute Gasteiger partial charge is 0.296 e. The number of anilines is 1. The molecule has 3 rings (SSSR count). The highest BCUT2D eigenvalue weighted by atomic mass is 16.2. The smallest absolute Gasteiger partial charge is 0.269 e. The normalized spacial score (nSPS) is 10.5. The summed E-state index contributed by atoms with van der Waals surface area (Å²) in [5, 5.41) is 0. The number of aliphatic imine (C=N–C) groups is 1. The highest BCUT2D eigenvalue weighted by Gasteiger charge is 2.05. The molecule has 0 radical (unpaired) electrons. The molecular weight excluding hydrogens is 298 g/mol. The first-order valence-corrected chi connectivity index (χ1v) is 7.62. The first-order valence-electron chi connectivity index (χ1n) is 7.62. The molecule has 0 saturated heterocycles. The van der Waals surface area contributed by atoms with E-state index in [1.54, 1.807) is 18.3 Å². The monoisotopic (exact) mass is 315 g/mol. The van der Waals surface area contributed by atoms with Crippen LogP contribution in [0.15, 0.2) is 89.9 Å². The van der Waals surface area contributed by atoms with Gasteiger partial charge >= 0.3 is 0 Å². The van der Waals surface area contributed by atoms with E-state index in [0.717, 1.165) is 16.9 Å². The number of para-hydroxylation sites is 2. The fraction of sp³-hybridized carbons (Fsp3) is 0. The average molecular weight is 315 g/mol. The molecule has 0 aromatic heterocycles. The van der Waals surface area contributed by atoms with Crippen molar-refractivity contribution in [1.82, 2.24) is 5.43 Å². The van der Waals surface area contributed by atoms with Gasteiger partial charge in [0.15, 0.2) is 0 Å². The second-order valence-corrected chi connectivity index (χ2v) is 5.13. The number of carbonyl (C=O) groups excluding carboxylic acids is 1. The van der Waals surface area contributed by atoms with E-state index < -0.39 is 0 Å². The third-order valence-electron chi connectivity index (χ3n) is 3.40. The Morgan fingerprint density at radius 2 is 1.42 bits per heavy atom. The van der Waals surface area contributed by atoms with Crippen molar-refractivity contribution in [3.8, 4) is 0 Å². The van der Waals surface area contributed by atoms with Crippen molar-refractivity contribution in [2.75, 3.05) is 5.43 Å². The predicted octanol–water partition coefficient (Wildman–Crippen LogP) is 4.19. The van der Waals surface area contributed by atoms with E-state index in [-0.39, 0.29) is 5.91 Å². The maximum Gasteiger partial charge on any atom is 0.269 e. The number of rotatable bonds is 5. The molecule has 0 aliphatic carbocycles. The van der Waals surface area contributed by atoms with Gasteiger partial charge in [-0.2, -0.15) is 0 Å². The zero-order valence-electron chi connectivity index (χ0n) is 13.0. The van der Waals surface area contributed by atoms with Gasteiger partial charge in [0.1, 0.15) is 0 Å². The van der Waals surface area contributed by atoms with E-state index in [1.165, 1.54) is 0 Å². The topological polar surface area (TPSA) is 53.5 Å². The lowest BCUT2D eigenvalue weighted by Gasteiger charge is -2.10. The Bertz CT molecular complexity index is 830. The van der Waals surface area contributed by atoms with Gasteiger partial charge in [-0.15, -0.1) is 0 Å². The van der Waals surface area contributed by atoms with Crippen LogP contribution in [0.25, 0.3) is 0 Å². The third kappa shape index (κ3) is 4.08. The fourth-order valence-electron chi connectivity index (χ4n) is 2.16. The summed E-state index contributed by atoms with van der Waals surface area (Å²) in [6, 6.07) is 26.4. The summed E-state index contributed by atoms with van der Waals surface area (Å²) in [4.78, 5) is 16.6. The van der Waals surface area contributed by atoms with E-state index in [2.05, 4.69) is 15.8 Å². The molecule has 0 heterocycles. The molecule has 0 unspecified atom stereocenters. The lowest BCUT2D eigenvalue weighted by atomic mass is 10.2. The van der Waals surface area contributed by atoms with Crippen molar-refractivity contribution in [2.45, 2.75) is 0 Å². The summed E-state index contributed by atoms with van der Waals surface area (Å²) in [6.07, 6.45) is 1.79. The second-order valence-electron chi connectivity index (χ2n) is 5.13. The van der Waals surface area contributed by atoms with Crippen LogP contribution in [0.5, 0.6) is 0 Å². The van der Waals surface area contributed by atoms with E-state index in [1.807, 2.05) is 72.8 Å². The van der Waals surface area contributed by atoms with Crippen molar-refractivity contribution in [1.29, 1.82) is 0 Å². The van der Waals surface area contributed by atoms with Crippen LogP contribution in [0.3, 0.4) is 0 Å². The minimum absolute atomic E-state index is 0.197. The Labute approximate surface area is 140 Å². The van der Waals surface area contributed by atoms with E-state index in [0.29, 0.717) is 5.56 Å². The number of nitrogens with zero attached hydrogens (tertiary/aromatic N) is 1. The van der Waals surface area contributed by atoms with Gasteiger partial charge in [0.2, 0.25) is 0 Å². The van der Waals surface area contributed by atoms with Crippen LogP contribution in [0.1, 0.15) is 15.9 Å². The molecule has 0 spiro atoms. The average Bonchev–Trinajstić information content (AvgIpc) is 2.66. The molecule has 0 atom stereocenters. The molecule has 3 aromatic rings. The van der Waals surface area contributed by atoms with Gasteiger partial charge in [-0.1, -0.05) is 60.7 Å². The van der Waals surface area contributed by atoms with E-state index in [4.69, 9.17) is 0 Å². The molecule has 3 aromatic carbocycles. The number of nitrogens with one attached hydrogen (secondary N) is 2. The van der Waals surface area contributed by atoms with Gasteiger partial charge in [-0.05, 0) is 29.8 Å². The van der Waals surface area contributed by atoms with E-state index in [9.17, 15) is 4.79 Å². The van der Waals surface area contributed by atoms with Gasteiger partial charge in [0.05, 0.1) is 11.4 Å². The Hall–Kier alpha value is -3.40. The molecular formula is C20H17N3O. The summed E-state index contributed by atoms with van der Waals surface area (Å²) in [6.45, 7) is 0. The SMILES string of the molecule is O=C(NNc1ccccc1N=Cc1ccccc1)c1ccccc1. The quantitative estimate of drug-likeness (QED) is 0.548. The first kappa shape index (κ1) is 15.5. The van der Waals surface area contributed by atoms with Gasteiger partial charge in [-0.3, -0.25) is 20.6 Å². The molecule has 2 N–H and O–H groups in total. The highest BCUT2D eigenvalue weighted by Crippen LogP contribution is 2.23. The van der Waals surface area contributed by atoms with Crippen molar-refractivity contribution < 1.29 is 4.79 Å². The number of carbonyl (C=O) groups is 1. The minimum Gasteiger partial charge on any atom is -0.296 e. The molecule has 0 bridgehead atoms. The molecule has 4 nitrogen and oxygen atoms in total. The van der Waals surface area contributed by atoms with Crippen molar-refractivity contribution in [3.63, 3.8) is 0 Å². The third-order valence-corrected chi connectivity index (χ3v) is 3.40. The van der Waals surface area contributed by atoms with Crippen molar-refractivity contribution >= 4 is 23.5 Å². The van der Waals surface area contributed by atoms with Crippen LogP contribution < -0.4 is 10.9 Å². The lowest BCUT2D eigenvalue weighted by molar-refractivity contribution is 0.0962. The molecule has 1 amide bonds. The number of hydrogen-bond acceptors (Lipinski definition) is 3. The molecule has 0 saturated carbocycles. The first-order chi connectivity index (χ1) is 11.8. The maximum absolute atomic E-state index is 12.1. The summed E-state index contributed by atoms with van der Waals surface area (Å²) in [5.41, 5.74) is 8.71. The molecule has 0 fully saturated rings. The number of hydrogen-bond donors (Lipinski definition) is 2. The predicted molar refractivity (Wildman–Crippen MR) is 97.7 cm³/mol. The van der Waals surface area contributed by atoms with Crippen LogP contribution in [-0.2, 0) is 0 Å². The van der Waals surface area contributed by atoms with Crippen LogP contribution in [-0.4, -0.2) is 12.1 Å². The van der Waals surface area contributed by atoms with Crippen molar-refractivity contribution in [2.24, 2.45) is 4.99 Å². The summed E-state index contributed by atoms with van der Waals surface area (Å²) in [7, 11) is 0. The highest BCUT2D eigenvalue weighted by molar-refractivity contribution is 5.95. The Morgan fingerprint density at radius 1 is 0.792 bits per heavy atom. The summed E-state index contributed by atoms with van der Waals surface area (Å²) in [5.74, 6) is -0.197. The number of amides is 1. The molecule has 0 aliphatic rings. The molecule has 4 heteroatoms. The minimum atomic E-state index is -0.197. The zero-order valence-corrected chi connectivity index (χ0v) is 13.0. The number of hydrazine groups is 1. The van der Waals surface area contributed by atoms with Crippen LogP contribution in [0.2, 0.25) is 0 Å². The maximum atomic E-state index is 12.1. The van der Waals surface area contributed by atoms with Crippen LogP contribution in [0.4, 0.5) is 11.4 Å². The van der Waals surface area contributed by atoms with Gasteiger partial charge in [0.25, 0.3) is 5.91 Å². The van der Waals surface area contributed by atoms with Gasteiger partial charge < -0.3 is 0 Å². The Balaban J connectivity index is 1.70. The summed E-state index contributed by atoms with van der Waals surface area (Å²) >= 11 is 0. The lowest BCUT2D eigenvalue weighted by Crippen LogP contribution is -2.29. The van der Waals surface area contributed by atoms with E-state index >= 15 is 0 Å².